The molecule has 1 aromatic carbocycles. The fourth-order valence-electron chi connectivity index (χ4n) is 2.60. The van der Waals surface area contributed by atoms with Crippen molar-refractivity contribution in [2.24, 2.45) is 5.41 Å². The van der Waals surface area contributed by atoms with Crippen LogP contribution < -0.4 is 5.32 Å². The van der Waals surface area contributed by atoms with Gasteiger partial charge in [0.25, 0.3) is 0 Å². The van der Waals surface area contributed by atoms with Gasteiger partial charge in [-0.2, -0.15) is 0 Å². The molecule has 0 radical (unpaired) electrons. The Bertz CT molecular complexity index is 692. The highest BCUT2D eigenvalue weighted by atomic mass is 32.2. The first-order valence-corrected chi connectivity index (χ1v) is 9.02. The number of carbonyl (C=O) groups excluding carboxylic acids is 1. The van der Waals surface area contributed by atoms with E-state index in [0.29, 0.717) is 11.3 Å². The van der Waals surface area contributed by atoms with E-state index in [0.717, 1.165) is 12.8 Å². The summed E-state index contributed by atoms with van der Waals surface area (Å²) in [6.45, 7) is 0. The number of sulfone groups is 1. The highest BCUT2D eigenvalue weighted by Gasteiger charge is 2.46. The van der Waals surface area contributed by atoms with Crippen LogP contribution in [0.4, 0.5) is 5.69 Å². The van der Waals surface area contributed by atoms with Crippen LogP contribution in [0.5, 0.6) is 0 Å². The minimum atomic E-state index is -3.12. The average Bonchev–Trinajstić information content (AvgIpc) is 3.07. The van der Waals surface area contributed by atoms with E-state index < -0.39 is 21.2 Å². The number of aliphatic carboxylic acids is 1. The van der Waals surface area contributed by atoms with E-state index in [9.17, 15) is 18.0 Å². The van der Waals surface area contributed by atoms with Crippen LogP contribution in [0.25, 0.3) is 0 Å². The molecule has 1 aliphatic rings. The Morgan fingerprint density at radius 1 is 1.27 bits per heavy atom. The predicted molar refractivity (Wildman–Crippen MR) is 82.4 cm³/mol. The fourth-order valence-corrected chi connectivity index (χ4v) is 4.10. The van der Waals surface area contributed by atoms with Crippen LogP contribution in [0.15, 0.2) is 24.3 Å². The second-order valence-corrected chi connectivity index (χ2v) is 8.16. The number of hydrogen-bond donors (Lipinski definition) is 2. The van der Waals surface area contributed by atoms with Crippen molar-refractivity contribution in [2.75, 3.05) is 17.3 Å². The van der Waals surface area contributed by atoms with Gasteiger partial charge in [-0.3, -0.25) is 9.59 Å². The summed E-state index contributed by atoms with van der Waals surface area (Å²) < 4.78 is 22.8. The Kier molecular flexibility index (Phi) is 4.55. The number of benzene rings is 1. The minimum absolute atomic E-state index is 0.0180. The lowest BCUT2D eigenvalue weighted by Crippen LogP contribution is -2.23. The topological polar surface area (TPSA) is 101 Å². The maximum absolute atomic E-state index is 12.1. The lowest BCUT2D eigenvalue weighted by atomic mass is 10.0. The Hall–Kier alpha value is -1.89. The fraction of sp³-hybridized carbons (Fsp3) is 0.467. The van der Waals surface area contributed by atoms with E-state index in [1.165, 1.54) is 6.26 Å². The van der Waals surface area contributed by atoms with Gasteiger partial charge in [0, 0.05) is 18.4 Å². The first kappa shape index (κ1) is 16.5. The van der Waals surface area contributed by atoms with Crippen molar-refractivity contribution in [1.82, 2.24) is 0 Å². The van der Waals surface area contributed by atoms with Crippen molar-refractivity contribution in [1.29, 1.82) is 0 Å². The zero-order valence-corrected chi connectivity index (χ0v) is 13.1. The predicted octanol–water partition coefficient (Wildman–Crippen LogP) is 1.47. The van der Waals surface area contributed by atoms with Crippen LogP contribution >= 0.6 is 0 Å². The average molecular weight is 325 g/mol. The number of carbonyl (C=O) groups is 2. The van der Waals surface area contributed by atoms with Crippen molar-refractivity contribution in [3.63, 3.8) is 0 Å². The first-order chi connectivity index (χ1) is 10.2. The van der Waals surface area contributed by atoms with E-state index in [4.69, 9.17) is 5.11 Å². The molecular formula is C15H19NO5S. The maximum Gasteiger partial charge on any atom is 0.307 e. The summed E-state index contributed by atoms with van der Waals surface area (Å²) >= 11 is 0. The van der Waals surface area contributed by atoms with E-state index in [2.05, 4.69) is 5.32 Å². The van der Waals surface area contributed by atoms with Crippen molar-refractivity contribution in [2.45, 2.75) is 25.7 Å². The molecule has 0 bridgehead atoms. The normalized spacial score (nSPS) is 16.0. The van der Waals surface area contributed by atoms with Gasteiger partial charge in [-0.15, -0.1) is 0 Å². The molecule has 0 heterocycles. The standard InChI is InChI=1S/C15H19NO5S/c1-22(20,21)10-15(6-7-15)9-13(17)16-12-5-3-2-4-11(12)8-14(18)19/h2-5H,6-10H2,1H3,(H,16,17)(H,18,19). The monoisotopic (exact) mass is 325 g/mol. The molecule has 0 aromatic heterocycles. The van der Waals surface area contributed by atoms with Gasteiger partial charge < -0.3 is 10.4 Å². The molecular weight excluding hydrogens is 306 g/mol. The van der Waals surface area contributed by atoms with Crippen molar-refractivity contribution in [3.8, 4) is 0 Å². The summed E-state index contributed by atoms with van der Waals surface area (Å²) in [6, 6.07) is 6.71. The van der Waals surface area contributed by atoms with E-state index >= 15 is 0 Å². The molecule has 1 aliphatic carbocycles. The summed E-state index contributed by atoms with van der Waals surface area (Å²) in [6.07, 6.45) is 2.59. The van der Waals surface area contributed by atoms with Gasteiger partial charge >= 0.3 is 5.97 Å². The third kappa shape index (κ3) is 4.84. The molecule has 1 aromatic rings. The van der Waals surface area contributed by atoms with Crippen LogP contribution in [0.1, 0.15) is 24.8 Å². The molecule has 0 atom stereocenters. The van der Waals surface area contributed by atoms with Crippen LogP contribution in [0, 0.1) is 5.41 Å². The Morgan fingerprint density at radius 2 is 1.91 bits per heavy atom. The third-order valence-electron chi connectivity index (χ3n) is 3.69. The molecule has 1 saturated carbocycles. The second-order valence-electron chi connectivity index (χ2n) is 6.02. The SMILES string of the molecule is CS(=O)(=O)CC1(CC(=O)Nc2ccccc2CC(=O)O)CC1. The van der Waals surface area contributed by atoms with Crippen LogP contribution in [0.3, 0.4) is 0 Å². The first-order valence-electron chi connectivity index (χ1n) is 6.96. The number of hydrogen-bond acceptors (Lipinski definition) is 4. The largest absolute Gasteiger partial charge is 0.481 e. The van der Waals surface area contributed by atoms with Crippen LogP contribution in [-0.4, -0.2) is 37.4 Å². The molecule has 7 heteroatoms. The highest BCUT2D eigenvalue weighted by Crippen LogP contribution is 2.49. The van der Waals surface area contributed by atoms with Crippen molar-refractivity contribution in [3.05, 3.63) is 29.8 Å². The number of rotatable bonds is 7. The number of nitrogens with one attached hydrogen (secondary N) is 1. The number of carboxylic acids is 1. The summed E-state index contributed by atoms with van der Waals surface area (Å²) in [7, 11) is -3.12. The second kappa shape index (κ2) is 6.08. The van der Waals surface area contributed by atoms with Gasteiger partial charge in [-0.1, -0.05) is 18.2 Å². The molecule has 0 saturated heterocycles. The van der Waals surface area contributed by atoms with Gasteiger partial charge in [0.1, 0.15) is 9.84 Å². The summed E-state index contributed by atoms with van der Waals surface area (Å²) in [5.41, 5.74) is 0.542. The number of carboxylic acid groups (broad SMARTS) is 1. The zero-order valence-electron chi connectivity index (χ0n) is 12.3. The van der Waals surface area contributed by atoms with Crippen molar-refractivity contribution >= 4 is 27.4 Å². The quantitative estimate of drug-likeness (QED) is 0.790. The molecule has 0 unspecified atom stereocenters. The van der Waals surface area contributed by atoms with Crippen LogP contribution in [0.2, 0.25) is 0 Å². The van der Waals surface area contributed by atoms with Gasteiger partial charge in [-0.25, -0.2) is 8.42 Å². The highest BCUT2D eigenvalue weighted by molar-refractivity contribution is 7.90. The summed E-state index contributed by atoms with van der Waals surface area (Å²) in [5.74, 6) is -1.24. The molecule has 1 amide bonds. The lowest BCUT2D eigenvalue weighted by Gasteiger charge is -2.15. The molecule has 120 valence electrons. The van der Waals surface area contributed by atoms with Gasteiger partial charge in [0.15, 0.2) is 0 Å². The third-order valence-corrected chi connectivity index (χ3v) is 4.83. The van der Waals surface area contributed by atoms with Crippen LogP contribution in [-0.2, 0) is 25.8 Å². The molecule has 2 rings (SSSR count). The zero-order chi connectivity index (χ0) is 16.4. The lowest BCUT2D eigenvalue weighted by molar-refractivity contribution is -0.136. The molecule has 0 aliphatic heterocycles. The van der Waals surface area contributed by atoms with Gasteiger partial charge in [-0.05, 0) is 29.9 Å². The van der Waals surface area contributed by atoms with Gasteiger partial charge in [0.2, 0.25) is 5.91 Å². The number of para-hydroxylation sites is 1. The van der Waals surface area contributed by atoms with E-state index in [-0.39, 0.29) is 24.5 Å². The molecule has 6 nitrogen and oxygen atoms in total. The Morgan fingerprint density at radius 3 is 2.45 bits per heavy atom. The van der Waals surface area contributed by atoms with Crippen molar-refractivity contribution < 1.29 is 23.1 Å². The Balaban J connectivity index is 2.03. The maximum atomic E-state index is 12.1. The summed E-state index contributed by atoms with van der Waals surface area (Å²) in [5, 5.41) is 11.6. The number of anilines is 1. The van der Waals surface area contributed by atoms with E-state index in [1.807, 2.05) is 0 Å². The molecule has 2 N–H and O–H groups in total. The van der Waals surface area contributed by atoms with Gasteiger partial charge in [0.05, 0.1) is 12.2 Å². The Labute approximate surface area is 129 Å². The number of amides is 1. The minimum Gasteiger partial charge on any atom is -0.481 e. The molecule has 0 spiro atoms. The smallest absolute Gasteiger partial charge is 0.307 e. The van der Waals surface area contributed by atoms with E-state index in [1.54, 1.807) is 24.3 Å². The summed E-state index contributed by atoms with van der Waals surface area (Å²) in [4.78, 5) is 23.0. The molecule has 1 fully saturated rings. The molecule has 22 heavy (non-hydrogen) atoms.